The molecule has 0 aromatic heterocycles. The van der Waals surface area contributed by atoms with Crippen molar-refractivity contribution in [3.63, 3.8) is 0 Å². The number of aryl methyl sites for hydroxylation is 2. The molecular formula is C20H30N2O5S. The van der Waals surface area contributed by atoms with Gasteiger partial charge in [-0.1, -0.05) is 0 Å². The lowest BCUT2D eigenvalue weighted by atomic mass is 9.77. The third kappa shape index (κ3) is 3.90. The molecule has 1 heterocycles. The van der Waals surface area contributed by atoms with Crippen molar-refractivity contribution in [2.45, 2.75) is 50.7 Å². The molecule has 3 rings (SSSR count). The number of carbonyl (C=O) groups excluding carboxylic acids is 1. The largest absolute Gasteiger partial charge is 0.495 e. The maximum Gasteiger partial charge on any atom is 0.246 e. The Bertz CT molecular complexity index is 854. The minimum absolute atomic E-state index is 0.0810. The minimum Gasteiger partial charge on any atom is -0.495 e. The second-order valence-electron chi connectivity index (χ2n) is 7.98. The molecule has 7 nitrogen and oxygen atoms in total. The maximum atomic E-state index is 13.4. The summed E-state index contributed by atoms with van der Waals surface area (Å²) in [5, 5.41) is 2.96. The van der Waals surface area contributed by atoms with Gasteiger partial charge in [0.1, 0.15) is 10.6 Å². The van der Waals surface area contributed by atoms with Crippen LogP contribution in [0.15, 0.2) is 17.0 Å². The van der Waals surface area contributed by atoms with Crippen LogP contribution in [0, 0.1) is 25.7 Å². The summed E-state index contributed by atoms with van der Waals surface area (Å²) >= 11 is 0. The molecule has 1 N–H and O–H groups in total. The van der Waals surface area contributed by atoms with E-state index in [4.69, 9.17) is 9.47 Å². The molecule has 0 unspecified atom stereocenters. The van der Waals surface area contributed by atoms with Gasteiger partial charge in [-0.15, -0.1) is 0 Å². The lowest BCUT2D eigenvalue weighted by Gasteiger charge is -2.37. The predicted molar refractivity (Wildman–Crippen MR) is 106 cm³/mol. The molecule has 1 amide bonds. The molecule has 1 saturated carbocycles. The van der Waals surface area contributed by atoms with E-state index in [1.807, 2.05) is 13.8 Å². The minimum atomic E-state index is -3.66. The van der Waals surface area contributed by atoms with E-state index in [0.717, 1.165) is 24.0 Å². The zero-order valence-corrected chi connectivity index (χ0v) is 18.0. The number of benzene rings is 1. The first kappa shape index (κ1) is 21.1. The van der Waals surface area contributed by atoms with Crippen LogP contribution in [0.1, 0.15) is 30.9 Å². The number of hydrogen-bond acceptors (Lipinski definition) is 5. The number of hydrogen-bond donors (Lipinski definition) is 1. The molecule has 1 aliphatic carbocycles. The lowest BCUT2D eigenvalue weighted by Crippen LogP contribution is -2.49. The Morgan fingerprint density at radius 2 is 1.71 bits per heavy atom. The zero-order valence-electron chi connectivity index (χ0n) is 17.2. The van der Waals surface area contributed by atoms with Crippen LogP contribution in [0.25, 0.3) is 0 Å². The van der Waals surface area contributed by atoms with Crippen LogP contribution < -0.4 is 10.1 Å². The molecule has 2 fully saturated rings. The second kappa shape index (κ2) is 8.00. The van der Waals surface area contributed by atoms with Crippen LogP contribution in [-0.2, 0) is 19.6 Å². The van der Waals surface area contributed by atoms with Gasteiger partial charge >= 0.3 is 0 Å². The predicted octanol–water partition coefficient (Wildman–Crippen LogP) is 1.86. The third-order valence-corrected chi connectivity index (χ3v) is 8.03. The van der Waals surface area contributed by atoms with Crippen LogP contribution in [-0.4, -0.2) is 58.1 Å². The van der Waals surface area contributed by atoms with Crippen molar-refractivity contribution < 1.29 is 22.7 Å². The Morgan fingerprint density at radius 1 is 1.11 bits per heavy atom. The normalized spacial score (nSPS) is 28.0. The van der Waals surface area contributed by atoms with Crippen molar-refractivity contribution >= 4 is 15.9 Å². The van der Waals surface area contributed by atoms with Crippen LogP contribution in [0.2, 0.25) is 0 Å². The smallest absolute Gasteiger partial charge is 0.246 e. The van der Waals surface area contributed by atoms with Crippen molar-refractivity contribution in [3.8, 4) is 5.75 Å². The Hall–Kier alpha value is -1.64. The second-order valence-corrected chi connectivity index (χ2v) is 9.89. The molecule has 1 aromatic rings. The highest BCUT2D eigenvalue weighted by Crippen LogP contribution is 2.41. The summed E-state index contributed by atoms with van der Waals surface area (Å²) in [6, 6.07) is 3.39. The quantitative estimate of drug-likeness (QED) is 0.801. The van der Waals surface area contributed by atoms with Gasteiger partial charge in [-0.25, -0.2) is 8.42 Å². The summed E-state index contributed by atoms with van der Waals surface area (Å²) in [5.41, 5.74) is 1.91. The third-order valence-electron chi connectivity index (χ3n) is 6.17. The fraction of sp³-hybridized carbons (Fsp3) is 0.650. The number of rotatable bonds is 5. The lowest BCUT2D eigenvalue weighted by molar-refractivity contribution is -0.121. The maximum absolute atomic E-state index is 13.4. The average molecular weight is 411 g/mol. The van der Waals surface area contributed by atoms with E-state index in [1.165, 1.54) is 14.0 Å². The number of methoxy groups -OCH3 is 2. The summed E-state index contributed by atoms with van der Waals surface area (Å²) in [6.45, 7) is 6.26. The monoisotopic (exact) mass is 410 g/mol. The van der Waals surface area contributed by atoms with Crippen molar-refractivity contribution in [1.29, 1.82) is 0 Å². The molecule has 2 aliphatic rings. The Labute approximate surface area is 167 Å². The molecule has 28 heavy (non-hydrogen) atoms. The fourth-order valence-corrected chi connectivity index (χ4v) is 6.28. The molecule has 8 heteroatoms. The van der Waals surface area contributed by atoms with Crippen molar-refractivity contribution in [2.24, 2.45) is 11.8 Å². The number of amides is 1. The molecule has 0 bridgehead atoms. The fourth-order valence-electron chi connectivity index (χ4n) is 4.50. The molecule has 0 radical (unpaired) electrons. The first-order valence-electron chi connectivity index (χ1n) is 9.62. The number of nitrogens with zero attached hydrogens (tertiary/aromatic N) is 1. The highest BCUT2D eigenvalue weighted by atomic mass is 32.2. The topological polar surface area (TPSA) is 84.9 Å². The van der Waals surface area contributed by atoms with Gasteiger partial charge in [0.2, 0.25) is 15.9 Å². The highest BCUT2D eigenvalue weighted by molar-refractivity contribution is 7.89. The molecule has 156 valence electrons. The summed E-state index contributed by atoms with van der Waals surface area (Å²) in [4.78, 5) is 11.7. The van der Waals surface area contributed by atoms with Gasteiger partial charge in [0.25, 0.3) is 0 Å². The summed E-state index contributed by atoms with van der Waals surface area (Å²) in [6.07, 6.45) is 1.37. The van der Waals surface area contributed by atoms with Gasteiger partial charge < -0.3 is 14.8 Å². The Morgan fingerprint density at radius 3 is 2.29 bits per heavy atom. The molecule has 1 aromatic carbocycles. The van der Waals surface area contributed by atoms with Crippen molar-refractivity contribution in [2.75, 3.05) is 27.3 Å². The number of carbonyl (C=O) groups is 1. The van der Waals surface area contributed by atoms with Gasteiger partial charge in [0, 0.05) is 27.1 Å². The van der Waals surface area contributed by atoms with Gasteiger partial charge in [0.05, 0.1) is 19.3 Å². The first-order valence-corrected chi connectivity index (χ1v) is 11.1. The van der Waals surface area contributed by atoms with E-state index < -0.39 is 10.0 Å². The summed E-state index contributed by atoms with van der Waals surface area (Å²) < 4.78 is 39.3. The Balaban J connectivity index is 1.85. The van der Waals surface area contributed by atoms with Crippen LogP contribution in [0.4, 0.5) is 0 Å². The van der Waals surface area contributed by atoms with E-state index in [0.29, 0.717) is 18.8 Å². The van der Waals surface area contributed by atoms with Crippen LogP contribution >= 0.6 is 0 Å². The zero-order chi connectivity index (χ0) is 20.6. The standard InChI is InChI=1S/C20H30N2O5S/c1-12-6-19(27-5)20(7-13(12)2)28(24,25)22-10-15-8-17(21-14(3)23)18(26-4)9-16(15)11-22/h6-7,15-18H,8-11H2,1-5H3,(H,21,23)/t15-,16+,17-,18-/m1/s1. The van der Waals surface area contributed by atoms with Crippen molar-refractivity contribution in [1.82, 2.24) is 9.62 Å². The van der Waals surface area contributed by atoms with E-state index in [9.17, 15) is 13.2 Å². The average Bonchev–Trinajstić information content (AvgIpc) is 3.06. The molecule has 1 saturated heterocycles. The summed E-state index contributed by atoms with van der Waals surface area (Å²) in [7, 11) is -0.527. The van der Waals surface area contributed by atoms with Crippen LogP contribution in [0.5, 0.6) is 5.75 Å². The Kier molecular flexibility index (Phi) is 6.03. The van der Waals surface area contributed by atoms with Crippen LogP contribution in [0.3, 0.4) is 0 Å². The molecule has 4 atom stereocenters. The van der Waals surface area contributed by atoms with Crippen molar-refractivity contribution in [3.05, 3.63) is 23.3 Å². The van der Waals surface area contributed by atoms with E-state index >= 15 is 0 Å². The number of nitrogens with one attached hydrogen (secondary N) is 1. The van der Waals surface area contributed by atoms with Gasteiger partial charge in [-0.3, -0.25) is 4.79 Å². The molecule has 0 spiro atoms. The summed E-state index contributed by atoms with van der Waals surface area (Å²) in [5.74, 6) is 0.717. The van der Waals surface area contributed by atoms with Gasteiger partial charge in [0.15, 0.2) is 0 Å². The number of sulfonamides is 1. The molecule has 1 aliphatic heterocycles. The van der Waals surface area contributed by atoms with Gasteiger partial charge in [-0.05, 0) is 61.8 Å². The highest BCUT2D eigenvalue weighted by Gasteiger charge is 2.46. The van der Waals surface area contributed by atoms with E-state index in [1.54, 1.807) is 23.5 Å². The number of fused-ring (bicyclic) bond motifs is 1. The van der Waals surface area contributed by atoms with Gasteiger partial charge in [-0.2, -0.15) is 4.31 Å². The SMILES string of the molecule is COc1cc(C)c(C)cc1S(=O)(=O)N1C[C@H]2C[C@@H](NC(C)=O)[C@H](OC)C[C@H]2C1. The van der Waals surface area contributed by atoms with E-state index in [2.05, 4.69) is 5.32 Å². The van der Waals surface area contributed by atoms with E-state index in [-0.39, 0.29) is 34.8 Å². The number of ether oxygens (including phenoxy) is 2. The molecular weight excluding hydrogens is 380 g/mol. The first-order chi connectivity index (χ1) is 13.2.